The van der Waals surface area contributed by atoms with Crippen molar-refractivity contribution in [2.24, 2.45) is 5.92 Å². The van der Waals surface area contributed by atoms with E-state index in [1.807, 2.05) is 36.4 Å². The number of nitrogens with one attached hydrogen (secondary N) is 1. The van der Waals surface area contributed by atoms with E-state index >= 15 is 0 Å². The molecule has 0 radical (unpaired) electrons. The van der Waals surface area contributed by atoms with Crippen LogP contribution < -0.4 is 10.2 Å². The minimum Gasteiger partial charge on any atom is -0.352 e. The summed E-state index contributed by atoms with van der Waals surface area (Å²) >= 11 is 0. The molecule has 3 aliphatic rings. The van der Waals surface area contributed by atoms with Crippen molar-refractivity contribution in [1.82, 2.24) is 9.62 Å². The molecule has 2 fully saturated rings. The number of sulfonamides is 1. The lowest BCUT2D eigenvalue weighted by atomic mass is 9.92. The third kappa shape index (κ3) is 5.14. The van der Waals surface area contributed by atoms with Gasteiger partial charge in [0, 0.05) is 44.2 Å². The largest absolute Gasteiger partial charge is 0.352 e. The maximum atomic E-state index is 13.2. The van der Waals surface area contributed by atoms with Crippen molar-refractivity contribution >= 4 is 27.5 Å². The van der Waals surface area contributed by atoms with Crippen LogP contribution >= 0.6 is 0 Å². The molecule has 5 rings (SSSR count). The number of carbonyl (C=O) groups excluding carboxylic acids is 2. The van der Waals surface area contributed by atoms with Gasteiger partial charge in [0.15, 0.2) is 0 Å². The van der Waals surface area contributed by atoms with E-state index in [-0.39, 0.29) is 17.7 Å². The average molecular weight is 496 g/mol. The number of carbonyl (C=O) groups is 2. The first kappa shape index (κ1) is 24.0. The Labute approximate surface area is 207 Å². The maximum absolute atomic E-state index is 13.2. The lowest BCUT2D eigenvalue weighted by Crippen LogP contribution is -2.42. The number of piperidine rings is 1. The first-order valence-electron chi connectivity index (χ1n) is 12.7. The highest BCUT2D eigenvalue weighted by atomic mass is 32.2. The number of hydrogen-bond donors (Lipinski definition) is 1. The summed E-state index contributed by atoms with van der Waals surface area (Å²) in [5.74, 6) is -0.0628. The number of hydrogen-bond acceptors (Lipinski definition) is 4. The summed E-state index contributed by atoms with van der Waals surface area (Å²) in [6.45, 7) is 1.89. The van der Waals surface area contributed by atoms with Gasteiger partial charge in [-0.1, -0.05) is 18.2 Å². The smallest absolute Gasteiger partial charge is 0.243 e. The van der Waals surface area contributed by atoms with Crippen LogP contribution in [-0.2, 0) is 39.0 Å². The molecule has 2 aromatic rings. The number of fused-ring (bicyclic) bond motifs is 1. The number of aryl methyl sites for hydroxylation is 2. The van der Waals surface area contributed by atoms with Crippen LogP contribution in [0.1, 0.15) is 55.2 Å². The minimum atomic E-state index is -3.54. The van der Waals surface area contributed by atoms with Gasteiger partial charge >= 0.3 is 0 Å². The molecule has 2 amide bonds. The molecule has 0 unspecified atom stereocenters. The summed E-state index contributed by atoms with van der Waals surface area (Å²) in [4.78, 5) is 26.8. The molecule has 0 atom stereocenters. The average Bonchev–Trinajstić information content (AvgIpc) is 3.33. The molecular weight excluding hydrogens is 462 g/mol. The zero-order valence-corrected chi connectivity index (χ0v) is 20.9. The molecular formula is C27H33N3O4S. The van der Waals surface area contributed by atoms with Gasteiger partial charge in [0.05, 0.1) is 4.90 Å². The zero-order valence-electron chi connectivity index (χ0n) is 20.0. The number of nitrogens with zero attached hydrogens (tertiary/aromatic N) is 2. The van der Waals surface area contributed by atoms with Gasteiger partial charge in [-0.15, -0.1) is 0 Å². The zero-order chi connectivity index (χ0) is 24.4. The van der Waals surface area contributed by atoms with E-state index in [0.29, 0.717) is 43.8 Å². The molecule has 186 valence electrons. The van der Waals surface area contributed by atoms with Gasteiger partial charge in [0.2, 0.25) is 21.8 Å². The molecule has 8 heteroatoms. The van der Waals surface area contributed by atoms with Gasteiger partial charge in [0.25, 0.3) is 0 Å². The maximum Gasteiger partial charge on any atom is 0.243 e. The second kappa shape index (κ2) is 10.1. The van der Waals surface area contributed by atoms with Gasteiger partial charge in [-0.2, -0.15) is 4.31 Å². The Kier molecular flexibility index (Phi) is 6.93. The van der Waals surface area contributed by atoms with Crippen molar-refractivity contribution in [1.29, 1.82) is 0 Å². The molecule has 2 saturated heterocycles. The van der Waals surface area contributed by atoms with E-state index in [2.05, 4.69) is 5.32 Å². The molecule has 1 aliphatic carbocycles. The number of rotatable bonds is 6. The Morgan fingerprint density at radius 1 is 0.886 bits per heavy atom. The lowest BCUT2D eigenvalue weighted by molar-refractivity contribution is -0.126. The van der Waals surface area contributed by atoms with Crippen molar-refractivity contribution in [3.05, 3.63) is 59.2 Å². The Balaban J connectivity index is 1.13. The third-order valence-electron chi connectivity index (χ3n) is 7.57. The highest BCUT2D eigenvalue weighted by molar-refractivity contribution is 7.89. The van der Waals surface area contributed by atoms with Gasteiger partial charge < -0.3 is 10.2 Å². The summed E-state index contributed by atoms with van der Waals surface area (Å²) < 4.78 is 27.9. The standard InChI is InChI=1S/C27H33N3O4S/c31-26-6-3-15-30(26)24-10-7-20(8-11-24)19-28-27(32)22-13-16-29(17-14-22)35(33,34)25-12-9-21-4-1-2-5-23(21)18-25/h7-12,18,22H,1-6,13-17,19H2,(H,28,32). The molecule has 0 saturated carbocycles. The number of anilines is 1. The van der Waals surface area contributed by atoms with Crippen LogP contribution in [-0.4, -0.2) is 44.2 Å². The second-order valence-corrected chi connectivity index (χ2v) is 11.8. The SMILES string of the molecule is O=C(NCc1ccc(N2CCCC2=O)cc1)C1CCN(S(=O)(=O)c2ccc3c(c2)CCCC3)CC1. The molecule has 0 bridgehead atoms. The van der Waals surface area contributed by atoms with E-state index in [0.717, 1.165) is 49.0 Å². The van der Waals surface area contributed by atoms with E-state index in [4.69, 9.17) is 0 Å². The highest BCUT2D eigenvalue weighted by Gasteiger charge is 2.32. The minimum absolute atomic E-state index is 0.0328. The Morgan fingerprint density at radius 2 is 1.60 bits per heavy atom. The van der Waals surface area contributed by atoms with Crippen LogP contribution in [0, 0.1) is 5.92 Å². The van der Waals surface area contributed by atoms with E-state index < -0.39 is 10.0 Å². The van der Waals surface area contributed by atoms with E-state index in [1.165, 1.54) is 16.3 Å². The molecule has 2 aromatic carbocycles. The fourth-order valence-corrected chi connectivity index (χ4v) is 6.95. The molecule has 0 aromatic heterocycles. The summed E-state index contributed by atoms with van der Waals surface area (Å²) in [7, 11) is -3.54. The predicted molar refractivity (Wildman–Crippen MR) is 134 cm³/mol. The Bertz CT molecular complexity index is 1200. The second-order valence-electron chi connectivity index (χ2n) is 9.85. The molecule has 2 aliphatic heterocycles. The first-order valence-corrected chi connectivity index (χ1v) is 14.1. The van der Waals surface area contributed by atoms with Gasteiger partial charge in [-0.3, -0.25) is 9.59 Å². The predicted octanol–water partition coefficient (Wildman–Crippen LogP) is 3.41. The van der Waals surface area contributed by atoms with E-state index in [9.17, 15) is 18.0 Å². The topological polar surface area (TPSA) is 86.8 Å². The molecule has 1 N–H and O–H groups in total. The van der Waals surface area contributed by atoms with Gasteiger partial charge in [-0.25, -0.2) is 8.42 Å². The fourth-order valence-electron chi connectivity index (χ4n) is 5.43. The first-order chi connectivity index (χ1) is 16.9. The number of amides is 2. The normalized spacial score (nSPS) is 19.5. The Hall–Kier alpha value is -2.71. The lowest BCUT2D eigenvalue weighted by Gasteiger charge is -2.31. The summed E-state index contributed by atoms with van der Waals surface area (Å²) in [5.41, 5.74) is 4.30. The Morgan fingerprint density at radius 3 is 2.29 bits per heavy atom. The van der Waals surface area contributed by atoms with Gasteiger partial charge in [0.1, 0.15) is 0 Å². The molecule has 2 heterocycles. The van der Waals surface area contributed by atoms with Crippen LogP contribution in [0.25, 0.3) is 0 Å². The fraction of sp³-hybridized carbons (Fsp3) is 0.481. The monoisotopic (exact) mass is 495 g/mol. The molecule has 7 nitrogen and oxygen atoms in total. The van der Waals surface area contributed by atoms with E-state index in [1.54, 1.807) is 11.0 Å². The van der Waals surface area contributed by atoms with Crippen LogP contribution in [0.4, 0.5) is 5.69 Å². The summed E-state index contributed by atoms with van der Waals surface area (Å²) in [5, 5.41) is 3.00. The van der Waals surface area contributed by atoms with Crippen molar-refractivity contribution in [2.45, 2.75) is 62.8 Å². The van der Waals surface area contributed by atoms with Crippen molar-refractivity contribution in [3.63, 3.8) is 0 Å². The van der Waals surface area contributed by atoms with Crippen LogP contribution in [0.2, 0.25) is 0 Å². The quantitative estimate of drug-likeness (QED) is 0.665. The van der Waals surface area contributed by atoms with Crippen LogP contribution in [0.3, 0.4) is 0 Å². The van der Waals surface area contributed by atoms with Crippen LogP contribution in [0.15, 0.2) is 47.4 Å². The summed E-state index contributed by atoms with van der Waals surface area (Å²) in [6, 6.07) is 13.3. The molecule has 0 spiro atoms. The highest BCUT2D eigenvalue weighted by Crippen LogP contribution is 2.28. The van der Waals surface area contributed by atoms with Crippen molar-refractivity contribution in [2.75, 3.05) is 24.5 Å². The van der Waals surface area contributed by atoms with Crippen molar-refractivity contribution in [3.8, 4) is 0 Å². The summed E-state index contributed by atoms with van der Waals surface area (Å²) in [6.07, 6.45) is 6.78. The molecule has 35 heavy (non-hydrogen) atoms. The van der Waals surface area contributed by atoms with Crippen molar-refractivity contribution < 1.29 is 18.0 Å². The number of benzene rings is 2. The van der Waals surface area contributed by atoms with Gasteiger partial charge in [-0.05, 0) is 85.9 Å². The third-order valence-corrected chi connectivity index (χ3v) is 9.47. The van der Waals surface area contributed by atoms with Crippen LogP contribution in [0.5, 0.6) is 0 Å².